The van der Waals surface area contributed by atoms with E-state index in [1.807, 2.05) is 60.0 Å². The van der Waals surface area contributed by atoms with Crippen LogP contribution in [0.5, 0.6) is 5.75 Å². The minimum Gasteiger partial charge on any atom is -0.497 e. The van der Waals surface area contributed by atoms with Gasteiger partial charge in [0.25, 0.3) is 0 Å². The van der Waals surface area contributed by atoms with Crippen molar-refractivity contribution in [2.45, 2.75) is 0 Å². The third-order valence-electron chi connectivity index (χ3n) is 4.48. The van der Waals surface area contributed by atoms with Crippen molar-refractivity contribution in [1.29, 1.82) is 0 Å². The molecule has 0 unspecified atom stereocenters. The molecule has 142 valence electrons. The number of aromatic nitrogens is 5. The largest absolute Gasteiger partial charge is 0.497 e. The van der Waals surface area contributed by atoms with Crippen molar-refractivity contribution in [3.05, 3.63) is 72.5 Å². The lowest BCUT2D eigenvalue weighted by Gasteiger charge is -2.04. The zero-order chi connectivity index (χ0) is 19.6. The predicted octanol–water partition coefficient (Wildman–Crippen LogP) is 4.69. The number of methoxy groups -OCH3 is 1. The number of hydrogen-bond acceptors (Lipinski definition) is 7. The summed E-state index contributed by atoms with van der Waals surface area (Å²) in [5.74, 6) is 1.49. The number of hydrogen-bond donors (Lipinski definition) is 1. The van der Waals surface area contributed by atoms with Gasteiger partial charge in [0.15, 0.2) is 10.8 Å². The van der Waals surface area contributed by atoms with E-state index in [0.29, 0.717) is 5.82 Å². The Morgan fingerprint density at radius 2 is 1.83 bits per heavy atom. The van der Waals surface area contributed by atoms with E-state index >= 15 is 0 Å². The SMILES string of the molecule is COc1ccc(-c2csc(Nc3ncnc4c3cnn4-c3ccccc3)n2)cc1. The highest BCUT2D eigenvalue weighted by Crippen LogP contribution is 2.30. The van der Waals surface area contributed by atoms with E-state index in [1.54, 1.807) is 18.0 Å². The zero-order valence-corrected chi connectivity index (χ0v) is 16.3. The Hall–Kier alpha value is -3.78. The van der Waals surface area contributed by atoms with Crippen LogP contribution in [0.2, 0.25) is 0 Å². The Kier molecular flexibility index (Phi) is 4.38. The quantitative estimate of drug-likeness (QED) is 0.461. The van der Waals surface area contributed by atoms with Crippen molar-refractivity contribution >= 4 is 33.3 Å². The zero-order valence-electron chi connectivity index (χ0n) is 15.5. The maximum Gasteiger partial charge on any atom is 0.188 e. The van der Waals surface area contributed by atoms with Crippen LogP contribution in [0.15, 0.2) is 72.5 Å². The highest BCUT2D eigenvalue weighted by molar-refractivity contribution is 7.14. The van der Waals surface area contributed by atoms with Gasteiger partial charge in [-0.2, -0.15) is 5.10 Å². The molecule has 0 saturated heterocycles. The first kappa shape index (κ1) is 17.3. The summed E-state index contributed by atoms with van der Waals surface area (Å²) in [6.07, 6.45) is 3.30. The van der Waals surface area contributed by atoms with Gasteiger partial charge in [0.1, 0.15) is 17.9 Å². The van der Waals surface area contributed by atoms with Crippen molar-refractivity contribution in [3.8, 4) is 22.7 Å². The predicted molar refractivity (Wildman–Crippen MR) is 114 cm³/mol. The first-order chi connectivity index (χ1) is 14.3. The number of fused-ring (bicyclic) bond motifs is 1. The molecule has 0 aliphatic heterocycles. The first-order valence-corrected chi connectivity index (χ1v) is 9.81. The van der Waals surface area contributed by atoms with Crippen LogP contribution in [-0.2, 0) is 0 Å². The number of anilines is 2. The molecule has 0 bridgehead atoms. The Morgan fingerprint density at radius 1 is 1.00 bits per heavy atom. The molecule has 0 saturated carbocycles. The average molecular weight is 400 g/mol. The Morgan fingerprint density at radius 3 is 2.62 bits per heavy atom. The summed E-state index contributed by atoms with van der Waals surface area (Å²) in [4.78, 5) is 13.5. The topological polar surface area (TPSA) is 77.8 Å². The van der Waals surface area contributed by atoms with E-state index in [0.717, 1.165) is 38.9 Å². The van der Waals surface area contributed by atoms with E-state index < -0.39 is 0 Å². The van der Waals surface area contributed by atoms with E-state index in [2.05, 4.69) is 25.4 Å². The lowest BCUT2D eigenvalue weighted by atomic mass is 10.2. The summed E-state index contributed by atoms with van der Waals surface area (Å²) >= 11 is 1.52. The average Bonchev–Trinajstić information content (AvgIpc) is 3.42. The molecule has 5 rings (SSSR count). The Balaban J connectivity index is 1.45. The maximum absolute atomic E-state index is 5.21. The van der Waals surface area contributed by atoms with Crippen molar-refractivity contribution in [3.63, 3.8) is 0 Å². The van der Waals surface area contributed by atoms with Gasteiger partial charge < -0.3 is 10.1 Å². The summed E-state index contributed by atoms with van der Waals surface area (Å²) in [5.41, 5.74) is 3.61. The van der Waals surface area contributed by atoms with Crippen molar-refractivity contribution < 1.29 is 4.74 Å². The van der Waals surface area contributed by atoms with Crippen LogP contribution in [0.25, 0.3) is 28.0 Å². The molecule has 0 aliphatic carbocycles. The smallest absolute Gasteiger partial charge is 0.188 e. The van der Waals surface area contributed by atoms with Crippen molar-refractivity contribution in [2.24, 2.45) is 0 Å². The van der Waals surface area contributed by atoms with Crippen molar-refractivity contribution in [2.75, 3.05) is 12.4 Å². The van der Waals surface area contributed by atoms with E-state index in [1.165, 1.54) is 17.7 Å². The molecule has 1 N–H and O–H groups in total. The number of nitrogens with one attached hydrogen (secondary N) is 1. The fourth-order valence-electron chi connectivity index (χ4n) is 3.03. The first-order valence-electron chi connectivity index (χ1n) is 8.93. The maximum atomic E-state index is 5.21. The van der Waals surface area contributed by atoms with Crippen LogP contribution >= 0.6 is 11.3 Å². The summed E-state index contributed by atoms with van der Waals surface area (Å²) in [7, 11) is 1.66. The minimum absolute atomic E-state index is 0.674. The third kappa shape index (κ3) is 3.30. The van der Waals surface area contributed by atoms with Gasteiger partial charge in [-0.15, -0.1) is 11.3 Å². The van der Waals surface area contributed by atoms with Gasteiger partial charge in [-0.05, 0) is 36.4 Å². The Labute approximate surface area is 170 Å². The number of para-hydroxylation sites is 1. The third-order valence-corrected chi connectivity index (χ3v) is 5.24. The molecule has 3 aromatic heterocycles. The van der Waals surface area contributed by atoms with Gasteiger partial charge in [0, 0.05) is 10.9 Å². The molecule has 0 spiro atoms. The molecule has 0 atom stereocenters. The van der Waals surface area contributed by atoms with Crippen LogP contribution < -0.4 is 10.1 Å². The number of rotatable bonds is 5. The molecule has 0 radical (unpaired) electrons. The number of thiazole rings is 1. The van der Waals surface area contributed by atoms with Crippen LogP contribution in [-0.4, -0.2) is 31.8 Å². The highest BCUT2D eigenvalue weighted by Gasteiger charge is 2.13. The molecule has 0 fully saturated rings. The molecule has 2 aromatic carbocycles. The van der Waals surface area contributed by atoms with Crippen LogP contribution in [0.4, 0.5) is 10.9 Å². The molecule has 0 aliphatic rings. The fraction of sp³-hybridized carbons (Fsp3) is 0.0476. The molecular weight excluding hydrogens is 384 g/mol. The van der Waals surface area contributed by atoms with Gasteiger partial charge in [-0.3, -0.25) is 0 Å². The van der Waals surface area contributed by atoms with E-state index in [4.69, 9.17) is 4.74 Å². The van der Waals surface area contributed by atoms with E-state index in [9.17, 15) is 0 Å². The molecule has 5 aromatic rings. The summed E-state index contributed by atoms with van der Waals surface area (Å²) < 4.78 is 7.01. The number of ether oxygens (including phenoxy) is 1. The van der Waals surface area contributed by atoms with E-state index in [-0.39, 0.29) is 0 Å². The lowest BCUT2D eigenvalue weighted by molar-refractivity contribution is 0.415. The standard InChI is InChI=1S/C21H16N6OS/c1-28-16-9-7-14(8-10-16)18-12-29-21(25-18)26-19-17-11-24-27(20(17)23-13-22-19)15-5-3-2-4-6-15/h2-13H,1H3,(H,22,23,25,26). The van der Waals surface area contributed by atoms with Gasteiger partial charge in [-0.1, -0.05) is 18.2 Å². The summed E-state index contributed by atoms with van der Waals surface area (Å²) in [5, 5.41) is 11.4. The summed E-state index contributed by atoms with van der Waals surface area (Å²) in [6.45, 7) is 0. The van der Waals surface area contributed by atoms with Crippen LogP contribution in [0.3, 0.4) is 0 Å². The second-order valence-corrected chi connectivity index (χ2v) is 7.10. The second kappa shape index (κ2) is 7.33. The molecule has 8 heteroatoms. The molecule has 3 heterocycles. The number of benzene rings is 2. The number of nitrogens with zero attached hydrogens (tertiary/aromatic N) is 5. The van der Waals surface area contributed by atoms with Gasteiger partial charge in [0.05, 0.1) is 30.1 Å². The van der Waals surface area contributed by atoms with Crippen LogP contribution in [0, 0.1) is 0 Å². The van der Waals surface area contributed by atoms with Crippen LogP contribution in [0.1, 0.15) is 0 Å². The van der Waals surface area contributed by atoms with Gasteiger partial charge in [-0.25, -0.2) is 19.6 Å². The minimum atomic E-state index is 0.674. The molecular formula is C21H16N6OS. The lowest BCUT2D eigenvalue weighted by Crippen LogP contribution is -1.99. The van der Waals surface area contributed by atoms with Crippen molar-refractivity contribution in [1.82, 2.24) is 24.7 Å². The molecule has 0 amide bonds. The Bertz CT molecular complexity index is 1260. The molecule has 7 nitrogen and oxygen atoms in total. The second-order valence-electron chi connectivity index (χ2n) is 6.24. The van der Waals surface area contributed by atoms with Gasteiger partial charge >= 0.3 is 0 Å². The van der Waals surface area contributed by atoms with Gasteiger partial charge in [0.2, 0.25) is 0 Å². The monoisotopic (exact) mass is 400 g/mol. The normalized spacial score (nSPS) is 10.9. The fourth-order valence-corrected chi connectivity index (χ4v) is 3.75. The highest BCUT2D eigenvalue weighted by atomic mass is 32.1. The molecule has 29 heavy (non-hydrogen) atoms. The summed E-state index contributed by atoms with van der Waals surface area (Å²) in [6, 6.07) is 17.7.